The number of ether oxygens (including phenoxy) is 2. The van der Waals surface area contributed by atoms with Crippen LogP contribution in [0.4, 0.5) is 0 Å². The number of piperidine rings is 1. The van der Waals surface area contributed by atoms with Crippen LogP contribution >= 0.6 is 0 Å². The molecule has 1 fully saturated rings. The lowest BCUT2D eigenvalue weighted by Gasteiger charge is -2.35. The number of carbonyl (C=O) groups is 3. The molecule has 60 heavy (non-hydrogen) atoms. The first kappa shape index (κ1) is 55.9. The van der Waals surface area contributed by atoms with E-state index in [4.69, 9.17) is 9.47 Å². The summed E-state index contributed by atoms with van der Waals surface area (Å²) in [4.78, 5) is 42.9. The van der Waals surface area contributed by atoms with Crippen LogP contribution in [-0.2, 0) is 23.9 Å². The fraction of sp³-hybridized carbons (Fsp3) is 0.868. The molecule has 1 amide bonds. The lowest BCUT2D eigenvalue weighted by Crippen LogP contribution is -2.50. The van der Waals surface area contributed by atoms with Gasteiger partial charge in [0.2, 0.25) is 0 Å². The number of allylic oxidation sites excluding steroid dienone is 4. The number of amides is 1. The summed E-state index contributed by atoms with van der Waals surface area (Å²) in [5.74, 6) is -0.356. The molecule has 1 heterocycles. The van der Waals surface area contributed by atoms with Gasteiger partial charge in [0, 0.05) is 25.4 Å². The van der Waals surface area contributed by atoms with E-state index in [1.54, 1.807) is 0 Å². The maximum Gasteiger partial charge on any atom is 0.306 e. The summed E-state index contributed by atoms with van der Waals surface area (Å²) in [6.07, 6.45) is 45.2. The van der Waals surface area contributed by atoms with Crippen molar-refractivity contribution in [3.05, 3.63) is 24.3 Å². The van der Waals surface area contributed by atoms with E-state index in [1.165, 1.54) is 64.2 Å². The molecule has 1 aliphatic rings. The van der Waals surface area contributed by atoms with Crippen LogP contribution in [0.1, 0.15) is 259 Å². The summed E-state index contributed by atoms with van der Waals surface area (Å²) < 4.78 is 12.3. The van der Waals surface area contributed by atoms with Gasteiger partial charge in [-0.3, -0.25) is 14.4 Å². The Labute approximate surface area is 371 Å². The van der Waals surface area contributed by atoms with Crippen LogP contribution in [0.3, 0.4) is 0 Å². The second-order valence-corrected chi connectivity index (χ2v) is 18.1. The zero-order chi connectivity index (χ0) is 43.8. The van der Waals surface area contributed by atoms with Gasteiger partial charge in [0.1, 0.15) is 6.10 Å². The summed E-state index contributed by atoms with van der Waals surface area (Å²) in [6.45, 7) is 13.7. The van der Waals surface area contributed by atoms with Gasteiger partial charge in [0.15, 0.2) is 5.60 Å². The molecule has 1 rings (SSSR count). The number of esters is 2. The standard InChI is InChI=1S/C53H98N2O5/c1-6-11-15-16-17-18-19-20-21-22-23-24-25-27-30-34-43-53(52(58)54-45-14-9-4,60-51(57)42-37-47-55-46-36-33-38-48(55)10-5)44-35-31-28-26-29-32-41-50(56)59-49(39-12-7-2)40-13-8-3/h17-18,20-21,48-49H,6-16,19,22-47H2,1-5H3,(H,54,58)/b18-17-,21-20-. The second-order valence-electron chi connectivity index (χ2n) is 18.1. The average Bonchev–Trinajstić information content (AvgIpc) is 3.25. The highest BCUT2D eigenvalue weighted by atomic mass is 16.6. The predicted octanol–water partition coefficient (Wildman–Crippen LogP) is 14.8. The highest BCUT2D eigenvalue weighted by Crippen LogP contribution is 2.30. The van der Waals surface area contributed by atoms with Crippen LogP contribution in [0, 0.1) is 0 Å². The third-order valence-corrected chi connectivity index (χ3v) is 12.6. The predicted molar refractivity (Wildman–Crippen MR) is 255 cm³/mol. The monoisotopic (exact) mass is 843 g/mol. The Morgan fingerprint density at radius 3 is 1.77 bits per heavy atom. The van der Waals surface area contributed by atoms with E-state index < -0.39 is 5.60 Å². The zero-order valence-corrected chi connectivity index (χ0v) is 40.3. The molecule has 7 heteroatoms. The van der Waals surface area contributed by atoms with Crippen molar-refractivity contribution in [2.75, 3.05) is 19.6 Å². The molecule has 350 valence electrons. The highest BCUT2D eigenvalue weighted by molar-refractivity contribution is 5.88. The van der Waals surface area contributed by atoms with E-state index in [0.717, 1.165) is 148 Å². The Morgan fingerprint density at radius 1 is 0.617 bits per heavy atom. The lowest BCUT2D eigenvalue weighted by atomic mass is 9.88. The summed E-state index contributed by atoms with van der Waals surface area (Å²) in [6, 6.07) is 0.620. The molecule has 0 bridgehead atoms. The number of nitrogens with one attached hydrogen (secondary N) is 1. The minimum absolute atomic E-state index is 0.0434. The molecule has 2 unspecified atom stereocenters. The molecular formula is C53H98N2O5. The average molecular weight is 843 g/mol. The van der Waals surface area contributed by atoms with Gasteiger partial charge in [-0.1, -0.05) is 162 Å². The van der Waals surface area contributed by atoms with Gasteiger partial charge >= 0.3 is 11.9 Å². The van der Waals surface area contributed by atoms with Gasteiger partial charge in [0.05, 0.1) is 0 Å². The van der Waals surface area contributed by atoms with Crippen molar-refractivity contribution in [2.24, 2.45) is 0 Å². The minimum atomic E-state index is -1.10. The Kier molecular flexibility index (Phi) is 36.9. The Hall–Kier alpha value is -2.15. The molecule has 0 aromatic heterocycles. The first-order valence-electron chi connectivity index (χ1n) is 26.1. The van der Waals surface area contributed by atoms with Crippen molar-refractivity contribution >= 4 is 17.8 Å². The number of hydrogen-bond acceptors (Lipinski definition) is 6. The molecule has 0 aromatic carbocycles. The zero-order valence-electron chi connectivity index (χ0n) is 40.3. The lowest BCUT2D eigenvalue weighted by molar-refractivity contribution is -0.171. The number of nitrogens with zero attached hydrogens (tertiary/aromatic N) is 1. The Bertz CT molecular complexity index is 1080. The summed E-state index contributed by atoms with van der Waals surface area (Å²) in [7, 11) is 0. The van der Waals surface area contributed by atoms with Gasteiger partial charge < -0.3 is 19.7 Å². The van der Waals surface area contributed by atoms with Crippen molar-refractivity contribution in [3.63, 3.8) is 0 Å². The number of likely N-dealkylation sites (tertiary alicyclic amines) is 1. The summed E-state index contributed by atoms with van der Waals surface area (Å²) >= 11 is 0. The Morgan fingerprint density at radius 2 is 1.17 bits per heavy atom. The summed E-state index contributed by atoms with van der Waals surface area (Å²) in [5.41, 5.74) is -1.10. The molecule has 0 saturated carbocycles. The van der Waals surface area contributed by atoms with Crippen molar-refractivity contribution in [3.8, 4) is 0 Å². The first-order chi connectivity index (χ1) is 29.3. The van der Waals surface area contributed by atoms with E-state index in [-0.39, 0.29) is 23.9 Å². The number of unbranched alkanes of at least 4 members (excludes halogenated alkanes) is 17. The van der Waals surface area contributed by atoms with Crippen LogP contribution < -0.4 is 5.32 Å². The molecule has 0 spiro atoms. The summed E-state index contributed by atoms with van der Waals surface area (Å²) in [5, 5.41) is 3.19. The highest BCUT2D eigenvalue weighted by Gasteiger charge is 2.41. The molecule has 0 aliphatic carbocycles. The maximum absolute atomic E-state index is 14.1. The minimum Gasteiger partial charge on any atom is -0.462 e. The fourth-order valence-corrected chi connectivity index (χ4v) is 8.71. The maximum atomic E-state index is 14.1. The largest absolute Gasteiger partial charge is 0.462 e. The van der Waals surface area contributed by atoms with Gasteiger partial charge in [-0.15, -0.1) is 0 Å². The smallest absolute Gasteiger partial charge is 0.306 e. The molecule has 1 aliphatic heterocycles. The normalized spacial score (nSPS) is 15.9. The van der Waals surface area contributed by atoms with E-state index in [2.05, 4.69) is 69.1 Å². The van der Waals surface area contributed by atoms with Crippen molar-refractivity contribution in [1.29, 1.82) is 0 Å². The molecule has 2 atom stereocenters. The molecule has 7 nitrogen and oxygen atoms in total. The first-order valence-corrected chi connectivity index (χ1v) is 26.1. The number of rotatable bonds is 41. The molecular weight excluding hydrogens is 745 g/mol. The van der Waals surface area contributed by atoms with Crippen molar-refractivity contribution in [2.45, 2.75) is 277 Å². The Balaban J connectivity index is 2.72. The van der Waals surface area contributed by atoms with Crippen molar-refractivity contribution < 1.29 is 23.9 Å². The van der Waals surface area contributed by atoms with Crippen LogP contribution in [0.15, 0.2) is 24.3 Å². The van der Waals surface area contributed by atoms with E-state index in [9.17, 15) is 14.4 Å². The molecule has 0 aromatic rings. The third kappa shape index (κ3) is 29.2. The third-order valence-electron chi connectivity index (χ3n) is 12.6. The molecule has 0 radical (unpaired) electrons. The van der Waals surface area contributed by atoms with E-state index in [1.807, 2.05) is 0 Å². The second kappa shape index (κ2) is 39.7. The van der Waals surface area contributed by atoms with E-state index in [0.29, 0.717) is 38.3 Å². The van der Waals surface area contributed by atoms with Gasteiger partial charge in [-0.25, -0.2) is 0 Å². The topological polar surface area (TPSA) is 84.9 Å². The van der Waals surface area contributed by atoms with Gasteiger partial charge in [-0.2, -0.15) is 0 Å². The van der Waals surface area contributed by atoms with Crippen LogP contribution in [0.25, 0.3) is 0 Å². The van der Waals surface area contributed by atoms with Crippen LogP contribution in [-0.4, -0.2) is 60.1 Å². The number of hydrogen-bond donors (Lipinski definition) is 1. The van der Waals surface area contributed by atoms with Gasteiger partial charge in [0.25, 0.3) is 5.91 Å². The van der Waals surface area contributed by atoms with Crippen LogP contribution in [0.5, 0.6) is 0 Å². The fourth-order valence-electron chi connectivity index (χ4n) is 8.71. The molecule has 1 N–H and O–H groups in total. The van der Waals surface area contributed by atoms with Crippen molar-refractivity contribution in [1.82, 2.24) is 10.2 Å². The van der Waals surface area contributed by atoms with E-state index >= 15 is 0 Å². The molecule has 1 saturated heterocycles. The number of carbonyl (C=O) groups excluding carboxylic acids is 3. The quantitative estimate of drug-likeness (QED) is 0.0375. The van der Waals surface area contributed by atoms with Crippen LogP contribution in [0.2, 0.25) is 0 Å². The SMILES string of the molecule is CCCCC/C=C\C/C=C\CCCCCCCCC(CCCCCCCCC(=O)OC(CCCC)CCCC)(OC(=O)CCCN1CCCCC1CC)C(=O)NCCCC. The van der Waals surface area contributed by atoms with Gasteiger partial charge in [-0.05, 0) is 122 Å².